The highest BCUT2D eigenvalue weighted by molar-refractivity contribution is 7.98. The van der Waals surface area contributed by atoms with Gasteiger partial charge < -0.3 is 4.90 Å². The van der Waals surface area contributed by atoms with Crippen LogP contribution in [-0.2, 0) is 11.3 Å². The van der Waals surface area contributed by atoms with E-state index in [0.717, 1.165) is 35.1 Å². The van der Waals surface area contributed by atoms with E-state index in [1.54, 1.807) is 11.8 Å². The number of amides is 1. The van der Waals surface area contributed by atoms with Crippen molar-refractivity contribution in [3.05, 3.63) is 53.9 Å². The first-order valence-electron chi connectivity index (χ1n) is 8.18. The lowest BCUT2D eigenvalue weighted by atomic mass is 10.1. The second kappa shape index (κ2) is 7.36. The van der Waals surface area contributed by atoms with Gasteiger partial charge in [0, 0.05) is 29.7 Å². The third-order valence-corrected chi connectivity index (χ3v) is 5.05. The Labute approximate surface area is 147 Å². The normalized spacial score (nSPS) is 18.9. The fraction of sp³-hybridized carbons (Fsp3) is 0.368. The molecule has 1 aromatic carbocycles. The molecule has 2 aromatic rings. The monoisotopic (exact) mass is 341 g/mol. The van der Waals surface area contributed by atoms with Gasteiger partial charge in [0.15, 0.2) is 0 Å². The molecule has 4 nitrogen and oxygen atoms in total. The second-order valence-electron chi connectivity index (χ2n) is 6.22. The van der Waals surface area contributed by atoms with Crippen LogP contribution in [0, 0.1) is 6.92 Å². The molecule has 0 bridgehead atoms. The van der Waals surface area contributed by atoms with Gasteiger partial charge in [-0.15, -0.1) is 11.8 Å². The van der Waals surface area contributed by atoms with Crippen molar-refractivity contribution in [2.45, 2.75) is 31.3 Å². The number of aromatic nitrogens is 1. The van der Waals surface area contributed by atoms with Gasteiger partial charge in [-0.3, -0.25) is 14.7 Å². The molecule has 1 atom stereocenters. The molecule has 5 heteroatoms. The summed E-state index contributed by atoms with van der Waals surface area (Å²) in [5.74, 6) is 0.155. The average Bonchev–Trinajstić information content (AvgIpc) is 2.54. The minimum atomic E-state index is 0.143. The van der Waals surface area contributed by atoms with Gasteiger partial charge in [-0.25, -0.2) is 0 Å². The number of rotatable bonds is 4. The van der Waals surface area contributed by atoms with Crippen molar-refractivity contribution in [3.8, 4) is 0 Å². The largest absolute Gasteiger partial charge is 0.306 e. The zero-order valence-electron chi connectivity index (χ0n) is 14.4. The van der Waals surface area contributed by atoms with Crippen LogP contribution in [0.15, 0.2) is 47.4 Å². The van der Waals surface area contributed by atoms with E-state index in [2.05, 4.69) is 22.9 Å². The Balaban J connectivity index is 1.76. The summed E-state index contributed by atoms with van der Waals surface area (Å²) in [5.41, 5.74) is 3.06. The van der Waals surface area contributed by atoms with Crippen LogP contribution in [0.3, 0.4) is 0 Å². The van der Waals surface area contributed by atoms with Crippen molar-refractivity contribution in [3.63, 3.8) is 0 Å². The molecule has 2 heterocycles. The van der Waals surface area contributed by atoms with Gasteiger partial charge >= 0.3 is 0 Å². The minimum absolute atomic E-state index is 0.143. The maximum absolute atomic E-state index is 12.8. The van der Waals surface area contributed by atoms with E-state index in [1.165, 1.54) is 0 Å². The van der Waals surface area contributed by atoms with Crippen LogP contribution in [-0.4, -0.2) is 41.2 Å². The number of carbonyl (C=O) groups is 1. The summed E-state index contributed by atoms with van der Waals surface area (Å²) in [7, 11) is 0. The van der Waals surface area contributed by atoms with E-state index in [0.29, 0.717) is 6.54 Å². The summed E-state index contributed by atoms with van der Waals surface area (Å²) in [6.45, 7) is 6.11. The Morgan fingerprint density at radius 2 is 2.00 bits per heavy atom. The van der Waals surface area contributed by atoms with Crippen LogP contribution >= 0.6 is 11.8 Å². The lowest BCUT2D eigenvalue weighted by molar-refractivity contribution is -0.122. The van der Waals surface area contributed by atoms with Gasteiger partial charge in [-0.1, -0.05) is 18.2 Å². The fourth-order valence-electron chi connectivity index (χ4n) is 3.27. The SMILES string of the molecule is CSc1ccccc1N1C(=O)CN(Cc2cccc(C)n2)C[C@H]1C. The molecule has 1 aliphatic heterocycles. The van der Waals surface area contributed by atoms with Gasteiger partial charge in [0.05, 0.1) is 17.9 Å². The van der Waals surface area contributed by atoms with E-state index < -0.39 is 0 Å². The molecule has 1 fully saturated rings. The summed E-state index contributed by atoms with van der Waals surface area (Å²) >= 11 is 1.68. The van der Waals surface area contributed by atoms with E-state index in [1.807, 2.05) is 54.5 Å². The third kappa shape index (κ3) is 3.62. The highest BCUT2D eigenvalue weighted by Crippen LogP contribution is 2.31. The summed E-state index contributed by atoms with van der Waals surface area (Å²) < 4.78 is 0. The number of piperazine rings is 1. The van der Waals surface area contributed by atoms with Gasteiger partial charge in [0.1, 0.15) is 0 Å². The van der Waals surface area contributed by atoms with Crippen molar-refractivity contribution in [2.24, 2.45) is 0 Å². The number of thioether (sulfide) groups is 1. The molecular weight excluding hydrogens is 318 g/mol. The van der Waals surface area contributed by atoms with Crippen molar-refractivity contribution < 1.29 is 4.79 Å². The lowest BCUT2D eigenvalue weighted by Gasteiger charge is -2.40. The highest BCUT2D eigenvalue weighted by atomic mass is 32.2. The molecule has 1 aromatic heterocycles. The molecule has 24 heavy (non-hydrogen) atoms. The number of carbonyl (C=O) groups excluding carboxylic acids is 1. The molecule has 0 spiro atoms. The van der Waals surface area contributed by atoms with E-state index in [-0.39, 0.29) is 11.9 Å². The van der Waals surface area contributed by atoms with E-state index in [9.17, 15) is 4.79 Å². The number of hydrogen-bond acceptors (Lipinski definition) is 4. The molecular formula is C19H23N3OS. The van der Waals surface area contributed by atoms with Gasteiger partial charge in [0.25, 0.3) is 0 Å². The molecule has 0 aliphatic carbocycles. The first-order chi connectivity index (χ1) is 11.6. The third-order valence-electron chi connectivity index (χ3n) is 4.27. The van der Waals surface area contributed by atoms with Crippen LogP contribution in [0.1, 0.15) is 18.3 Å². The molecule has 1 saturated heterocycles. The number of nitrogens with zero attached hydrogens (tertiary/aromatic N) is 3. The first kappa shape index (κ1) is 17.0. The van der Waals surface area contributed by atoms with Crippen molar-refractivity contribution >= 4 is 23.4 Å². The van der Waals surface area contributed by atoms with Crippen LogP contribution in [0.4, 0.5) is 5.69 Å². The topological polar surface area (TPSA) is 36.4 Å². The van der Waals surface area contributed by atoms with Crippen molar-refractivity contribution in [1.29, 1.82) is 0 Å². The molecule has 0 N–H and O–H groups in total. The Hall–Kier alpha value is -1.85. The van der Waals surface area contributed by atoms with Crippen molar-refractivity contribution in [1.82, 2.24) is 9.88 Å². The Morgan fingerprint density at radius 1 is 1.21 bits per heavy atom. The average molecular weight is 341 g/mol. The number of pyridine rings is 1. The smallest absolute Gasteiger partial charge is 0.241 e. The minimum Gasteiger partial charge on any atom is -0.306 e. The predicted molar refractivity (Wildman–Crippen MR) is 99.4 cm³/mol. The van der Waals surface area contributed by atoms with Gasteiger partial charge in [-0.2, -0.15) is 0 Å². The summed E-state index contributed by atoms with van der Waals surface area (Å²) in [6, 6.07) is 14.3. The quantitative estimate of drug-likeness (QED) is 0.799. The van der Waals surface area contributed by atoms with Gasteiger partial charge in [-0.05, 0) is 44.4 Å². The van der Waals surface area contributed by atoms with Crippen LogP contribution in [0.25, 0.3) is 0 Å². The maximum Gasteiger partial charge on any atom is 0.241 e. The predicted octanol–water partition coefficient (Wildman–Crippen LogP) is 3.35. The maximum atomic E-state index is 12.8. The first-order valence-corrected chi connectivity index (χ1v) is 9.41. The van der Waals surface area contributed by atoms with E-state index in [4.69, 9.17) is 0 Å². The number of anilines is 1. The Morgan fingerprint density at radius 3 is 2.71 bits per heavy atom. The van der Waals surface area contributed by atoms with Crippen LogP contribution in [0.2, 0.25) is 0 Å². The molecule has 126 valence electrons. The highest BCUT2D eigenvalue weighted by Gasteiger charge is 2.32. The molecule has 0 saturated carbocycles. The zero-order chi connectivity index (χ0) is 17.1. The Bertz CT molecular complexity index is 734. The molecule has 1 amide bonds. The van der Waals surface area contributed by atoms with E-state index >= 15 is 0 Å². The number of para-hydroxylation sites is 1. The Kier molecular flexibility index (Phi) is 5.21. The molecule has 1 aliphatic rings. The molecule has 0 radical (unpaired) electrons. The number of hydrogen-bond donors (Lipinski definition) is 0. The summed E-state index contributed by atoms with van der Waals surface area (Å²) in [4.78, 5) is 22.6. The number of benzene rings is 1. The number of aryl methyl sites for hydroxylation is 1. The summed E-state index contributed by atoms with van der Waals surface area (Å²) in [6.07, 6.45) is 2.05. The molecule has 0 unspecified atom stereocenters. The second-order valence-corrected chi connectivity index (χ2v) is 7.07. The standard InChI is InChI=1S/C19H23N3OS/c1-14-7-6-8-16(20-14)12-21-11-15(2)22(19(23)13-21)17-9-4-5-10-18(17)24-3/h4-10,15H,11-13H2,1-3H3/t15-/m1/s1. The van der Waals surface area contributed by atoms with Crippen LogP contribution in [0.5, 0.6) is 0 Å². The summed E-state index contributed by atoms with van der Waals surface area (Å²) in [5, 5.41) is 0. The molecule has 3 rings (SSSR count). The van der Waals surface area contributed by atoms with Crippen molar-refractivity contribution in [2.75, 3.05) is 24.2 Å². The lowest BCUT2D eigenvalue weighted by Crippen LogP contribution is -2.55. The zero-order valence-corrected chi connectivity index (χ0v) is 15.2. The van der Waals surface area contributed by atoms with Crippen LogP contribution < -0.4 is 4.90 Å². The van der Waals surface area contributed by atoms with Gasteiger partial charge in [0.2, 0.25) is 5.91 Å². The fourth-order valence-corrected chi connectivity index (χ4v) is 3.86.